The highest BCUT2D eigenvalue weighted by Crippen LogP contribution is 2.30. The molecule has 0 radical (unpaired) electrons. The molecule has 0 saturated carbocycles. The molecule has 0 bridgehead atoms. The van der Waals surface area contributed by atoms with E-state index in [9.17, 15) is 4.79 Å². The molecular weight excluding hydrogens is 350 g/mol. The average molecular weight is 368 g/mol. The zero-order chi connectivity index (χ0) is 15.4. The number of rotatable bonds is 5. The van der Waals surface area contributed by atoms with Crippen molar-refractivity contribution in [3.8, 4) is 0 Å². The molecule has 1 atom stereocenters. The average Bonchev–Trinajstić information content (AvgIpc) is 2.77. The Morgan fingerprint density at radius 3 is 2.52 bits per heavy atom. The zero-order valence-electron chi connectivity index (χ0n) is 12.3. The molecule has 3 nitrogen and oxygen atoms in total. The van der Waals surface area contributed by atoms with Crippen LogP contribution in [0.1, 0.15) is 28.3 Å². The van der Waals surface area contributed by atoms with E-state index in [-0.39, 0.29) is 5.97 Å². The number of ether oxygens (including phenoxy) is 1. The molecule has 2 aromatic rings. The normalized spacial score (nSPS) is 12.0. The van der Waals surface area contributed by atoms with Gasteiger partial charge in [-0.05, 0) is 56.7 Å². The molecule has 0 aliphatic heterocycles. The molecule has 0 fully saturated rings. The largest absolute Gasteiger partial charge is 0.464 e. The van der Waals surface area contributed by atoms with Crippen LogP contribution in [0.15, 0.2) is 34.8 Å². The van der Waals surface area contributed by atoms with Crippen molar-refractivity contribution in [2.75, 3.05) is 11.9 Å². The van der Waals surface area contributed by atoms with Crippen molar-refractivity contribution in [2.45, 2.75) is 26.8 Å². The Labute approximate surface area is 137 Å². The molecule has 0 spiro atoms. The first-order valence-corrected chi connectivity index (χ1v) is 8.38. The second-order valence-corrected chi connectivity index (χ2v) is 7.08. The minimum absolute atomic E-state index is 0.249. The van der Waals surface area contributed by atoms with Crippen LogP contribution in [0.3, 0.4) is 0 Å². The molecule has 1 heterocycles. The van der Waals surface area contributed by atoms with Gasteiger partial charge in [-0.2, -0.15) is 0 Å². The van der Waals surface area contributed by atoms with Gasteiger partial charge in [-0.3, -0.25) is 0 Å². The number of nitrogens with one attached hydrogen (secondary N) is 1. The zero-order valence-corrected chi connectivity index (χ0v) is 14.7. The maximum absolute atomic E-state index is 12.3. The summed E-state index contributed by atoms with van der Waals surface area (Å²) < 4.78 is 6.22. The summed E-state index contributed by atoms with van der Waals surface area (Å²) in [6, 6.07) is 9.33. The van der Waals surface area contributed by atoms with Crippen molar-refractivity contribution in [1.29, 1.82) is 0 Å². The number of aryl methyl sites for hydroxylation is 2. The van der Waals surface area contributed by atoms with Crippen LogP contribution in [-0.4, -0.2) is 12.6 Å². The highest BCUT2D eigenvalue weighted by Gasteiger charge is 2.25. The third kappa shape index (κ3) is 4.08. The molecule has 1 aromatic heterocycles. The highest BCUT2D eigenvalue weighted by atomic mass is 79.9. The van der Waals surface area contributed by atoms with Crippen molar-refractivity contribution < 1.29 is 9.53 Å². The van der Waals surface area contributed by atoms with Gasteiger partial charge >= 0.3 is 5.97 Å². The van der Waals surface area contributed by atoms with Crippen LogP contribution < -0.4 is 5.32 Å². The fraction of sp³-hybridized carbons (Fsp3) is 0.312. The topological polar surface area (TPSA) is 38.3 Å². The van der Waals surface area contributed by atoms with Gasteiger partial charge < -0.3 is 10.1 Å². The highest BCUT2D eigenvalue weighted by molar-refractivity contribution is 9.10. The summed E-state index contributed by atoms with van der Waals surface area (Å²) in [6.07, 6.45) is 0. The number of benzene rings is 1. The van der Waals surface area contributed by atoms with Crippen molar-refractivity contribution >= 4 is 38.9 Å². The second kappa shape index (κ2) is 7.09. The first-order valence-electron chi connectivity index (χ1n) is 6.77. The number of halogens is 1. The summed E-state index contributed by atoms with van der Waals surface area (Å²) in [6.45, 7) is 6.27. The standard InChI is InChI=1S/C16H18BrNO2S/c1-4-20-16(19)15(14-9-10(2)21-11(14)3)18-13-7-5-12(17)6-8-13/h5-9,15,18H,4H2,1-3H3. The number of hydrogen-bond donors (Lipinski definition) is 1. The van der Waals surface area contributed by atoms with Crippen LogP contribution in [0.25, 0.3) is 0 Å². The Morgan fingerprint density at radius 2 is 2.00 bits per heavy atom. The lowest BCUT2D eigenvalue weighted by Gasteiger charge is -2.18. The van der Waals surface area contributed by atoms with Gasteiger partial charge in [0.2, 0.25) is 0 Å². The van der Waals surface area contributed by atoms with Crippen LogP contribution >= 0.6 is 27.3 Å². The lowest BCUT2D eigenvalue weighted by Crippen LogP contribution is -2.23. The van der Waals surface area contributed by atoms with Gasteiger partial charge in [0, 0.05) is 19.9 Å². The van der Waals surface area contributed by atoms with Gasteiger partial charge in [0.15, 0.2) is 6.04 Å². The molecule has 1 aromatic carbocycles. The summed E-state index contributed by atoms with van der Waals surface area (Å²) in [4.78, 5) is 14.6. The number of anilines is 1. The van der Waals surface area contributed by atoms with E-state index in [1.807, 2.05) is 51.1 Å². The minimum atomic E-state index is -0.476. The Balaban J connectivity index is 2.30. The maximum Gasteiger partial charge on any atom is 0.333 e. The first-order chi connectivity index (χ1) is 10.0. The summed E-state index contributed by atoms with van der Waals surface area (Å²) >= 11 is 5.10. The van der Waals surface area contributed by atoms with E-state index in [2.05, 4.69) is 21.2 Å². The van der Waals surface area contributed by atoms with Gasteiger partial charge in [-0.25, -0.2) is 4.79 Å². The van der Waals surface area contributed by atoms with E-state index in [0.717, 1.165) is 20.6 Å². The SMILES string of the molecule is CCOC(=O)C(Nc1ccc(Br)cc1)c1cc(C)sc1C. The molecule has 1 unspecified atom stereocenters. The summed E-state index contributed by atoms with van der Waals surface area (Å²) in [5, 5.41) is 3.27. The van der Waals surface area contributed by atoms with Crippen LogP contribution in [0.5, 0.6) is 0 Å². The Hall–Kier alpha value is -1.33. The van der Waals surface area contributed by atoms with Gasteiger partial charge in [0.25, 0.3) is 0 Å². The fourth-order valence-corrected chi connectivity index (χ4v) is 3.37. The molecule has 5 heteroatoms. The summed E-state index contributed by atoms with van der Waals surface area (Å²) in [5.74, 6) is -0.249. The summed E-state index contributed by atoms with van der Waals surface area (Å²) in [5.41, 5.74) is 1.87. The van der Waals surface area contributed by atoms with Gasteiger partial charge in [-0.1, -0.05) is 15.9 Å². The van der Waals surface area contributed by atoms with Gasteiger partial charge in [-0.15, -0.1) is 11.3 Å². The fourth-order valence-electron chi connectivity index (χ4n) is 2.14. The maximum atomic E-state index is 12.3. The Morgan fingerprint density at radius 1 is 1.33 bits per heavy atom. The Kier molecular flexibility index (Phi) is 5.42. The third-order valence-electron chi connectivity index (χ3n) is 3.07. The monoisotopic (exact) mass is 367 g/mol. The molecule has 2 rings (SSSR count). The number of carbonyl (C=O) groups is 1. The van der Waals surface area contributed by atoms with E-state index in [1.54, 1.807) is 11.3 Å². The van der Waals surface area contributed by atoms with Crippen molar-refractivity contribution in [3.05, 3.63) is 50.1 Å². The molecule has 0 saturated heterocycles. The predicted octanol–water partition coefficient (Wildman–Crippen LogP) is 4.84. The molecule has 21 heavy (non-hydrogen) atoms. The van der Waals surface area contributed by atoms with Crippen LogP contribution in [0.4, 0.5) is 5.69 Å². The molecule has 0 aliphatic carbocycles. The molecular formula is C16H18BrNO2S. The van der Waals surface area contributed by atoms with Crippen LogP contribution in [0.2, 0.25) is 0 Å². The van der Waals surface area contributed by atoms with E-state index >= 15 is 0 Å². The quantitative estimate of drug-likeness (QED) is 0.768. The number of carbonyl (C=O) groups excluding carboxylic acids is 1. The molecule has 112 valence electrons. The smallest absolute Gasteiger partial charge is 0.333 e. The van der Waals surface area contributed by atoms with Crippen LogP contribution in [-0.2, 0) is 9.53 Å². The van der Waals surface area contributed by atoms with E-state index in [1.165, 1.54) is 4.88 Å². The molecule has 1 N–H and O–H groups in total. The van der Waals surface area contributed by atoms with Gasteiger partial charge in [0.1, 0.15) is 0 Å². The van der Waals surface area contributed by atoms with Crippen molar-refractivity contribution in [3.63, 3.8) is 0 Å². The van der Waals surface area contributed by atoms with Crippen molar-refractivity contribution in [2.24, 2.45) is 0 Å². The van der Waals surface area contributed by atoms with E-state index in [0.29, 0.717) is 6.61 Å². The van der Waals surface area contributed by atoms with Crippen LogP contribution in [0, 0.1) is 13.8 Å². The van der Waals surface area contributed by atoms with E-state index < -0.39 is 6.04 Å². The number of thiophene rings is 1. The lowest BCUT2D eigenvalue weighted by atomic mass is 10.1. The first kappa shape index (κ1) is 16.0. The molecule has 0 aliphatic rings. The molecule has 0 amide bonds. The third-order valence-corrected chi connectivity index (χ3v) is 4.58. The van der Waals surface area contributed by atoms with Crippen molar-refractivity contribution in [1.82, 2.24) is 0 Å². The Bertz CT molecular complexity index is 622. The summed E-state index contributed by atoms with van der Waals surface area (Å²) in [7, 11) is 0. The predicted molar refractivity (Wildman–Crippen MR) is 90.9 cm³/mol. The second-order valence-electron chi connectivity index (χ2n) is 4.70. The lowest BCUT2D eigenvalue weighted by molar-refractivity contribution is -0.144. The number of hydrogen-bond acceptors (Lipinski definition) is 4. The number of esters is 1. The van der Waals surface area contributed by atoms with Gasteiger partial charge in [0.05, 0.1) is 6.61 Å². The van der Waals surface area contributed by atoms with E-state index in [4.69, 9.17) is 4.74 Å². The minimum Gasteiger partial charge on any atom is -0.464 e.